The first-order chi connectivity index (χ1) is 9.22. The van der Waals surface area contributed by atoms with E-state index >= 15 is 0 Å². The highest BCUT2D eigenvalue weighted by Gasteiger charge is 2.08. The number of rotatable bonds is 4. The number of aromatic nitrogens is 3. The van der Waals surface area contributed by atoms with Gasteiger partial charge in [-0.15, -0.1) is 11.3 Å². The molecule has 5 heteroatoms. The Morgan fingerprint density at radius 3 is 2.89 bits per heavy atom. The van der Waals surface area contributed by atoms with Gasteiger partial charge in [0, 0.05) is 35.0 Å². The average molecular weight is 289 g/mol. The molecule has 0 aliphatic rings. The summed E-state index contributed by atoms with van der Waals surface area (Å²) in [6.07, 6.45) is 4.82. The SMILES string of the molecule is CC(C)n1cnc(Cc2nc(-c3ccsc3)cs2)c1. The van der Waals surface area contributed by atoms with E-state index in [-0.39, 0.29) is 0 Å². The minimum Gasteiger partial charge on any atom is -0.335 e. The lowest BCUT2D eigenvalue weighted by molar-refractivity contribution is 0.599. The van der Waals surface area contributed by atoms with Crippen molar-refractivity contribution in [3.8, 4) is 11.3 Å². The van der Waals surface area contributed by atoms with Gasteiger partial charge >= 0.3 is 0 Å². The van der Waals surface area contributed by atoms with E-state index in [0.717, 1.165) is 22.8 Å². The maximum Gasteiger partial charge on any atom is 0.0992 e. The van der Waals surface area contributed by atoms with E-state index in [2.05, 4.69) is 56.8 Å². The molecule has 3 heterocycles. The van der Waals surface area contributed by atoms with Gasteiger partial charge in [0.25, 0.3) is 0 Å². The van der Waals surface area contributed by atoms with Crippen LogP contribution >= 0.6 is 22.7 Å². The molecule has 0 amide bonds. The maximum absolute atomic E-state index is 4.68. The second-order valence-corrected chi connectivity index (χ2v) is 6.44. The van der Waals surface area contributed by atoms with Gasteiger partial charge in [-0.2, -0.15) is 11.3 Å². The molecule has 0 unspecified atom stereocenters. The van der Waals surface area contributed by atoms with Crippen LogP contribution in [0.25, 0.3) is 11.3 Å². The van der Waals surface area contributed by atoms with Crippen molar-refractivity contribution >= 4 is 22.7 Å². The lowest BCUT2D eigenvalue weighted by atomic mass is 10.3. The molecular weight excluding hydrogens is 274 g/mol. The summed E-state index contributed by atoms with van der Waals surface area (Å²) in [5.41, 5.74) is 3.37. The number of thiazole rings is 1. The molecule has 0 saturated carbocycles. The van der Waals surface area contributed by atoms with Crippen LogP contribution in [0.2, 0.25) is 0 Å². The minimum atomic E-state index is 0.457. The van der Waals surface area contributed by atoms with Crippen molar-refractivity contribution in [3.05, 3.63) is 45.4 Å². The first kappa shape index (κ1) is 12.6. The highest BCUT2D eigenvalue weighted by Crippen LogP contribution is 2.25. The monoisotopic (exact) mass is 289 g/mol. The zero-order valence-electron chi connectivity index (χ0n) is 10.9. The number of nitrogens with zero attached hydrogens (tertiary/aromatic N) is 3. The lowest BCUT2D eigenvalue weighted by Gasteiger charge is -2.03. The van der Waals surface area contributed by atoms with Crippen molar-refractivity contribution in [1.29, 1.82) is 0 Å². The highest BCUT2D eigenvalue weighted by atomic mass is 32.1. The zero-order chi connectivity index (χ0) is 13.2. The number of imidazole rings is 1. The smallest absolute Gasteiger partial charge is 0.0992 e. The molecule has 19 heavy (non-hydrogen) atoms. The summed E-state index contributed by atoms with van der Waals surface area (Å²) in [5.74, 6) is 0. The topological polar surface area (TPSA) is 30.7 Å². The van der Waals surface area contributed by atoms with Crippen molar-refractivity contribution in [2.75, 3.05) is 0 Å². The molecule has 0 aromatic carbocycles. The molecule has 3 aromatic heterocycles. The van der Waals surface area contributed by atoms with Gasteiger partial charge in [-0.25, -0.2) is 9.97 Å². The van der Waals surface area contributed by atoms with Crippen molar-refractivity contribution in [2.45, 2.75) is 26.3 Å². The molecule has 0 saturated heterocycles. The summed E-state index contributed by atoms with van der Waals surface area (Å²) in [6.45, 7) is 4.31. The number of hydrogen-bond donors (Lipinski definition) is 0. The van der Waals surface area contributed by atoms with Gasteiger partial charge in [-0.3, -0.25) is 0 Å². The predicted molar refractivity (Wildman–Crippen MR) is 80.8 cm³/mol. The normalized spacial score (nSPS) is 11.3. The van der Waals surface area contributed by atoms with Gasteiger partial charge in [0.2, 0.25) is 0 Å². The lowest BCUT2D eigenvalue weighted by Crippen LogP contribution is -1.96. The van der Waals surface area contributed by atoms with Crippen LogP contribution < -0.4 is 0 Å². The molecule has 98 valence electrons. The van der Waals surface area contributed by atoms with E-state index in [1.807, 2.05) is 6.33 Å². The Bertz CT molecular complexity index is 650. The molecule has 0 spiro atoms. The number of thiophene rings is 1. The minimum absolute atomic E-state index is 0.457. The van der Waals surface area contributed by atoms with E-state index in [1.165, 1.54) is 5.56 Å². The molecule has 0 bridgehead atoms. The van der Waals surface area contributed by atoms with Gasteiger partial charge in [-0.05, 0) is 25.3 Å². The van der Waals surface area contributed by atoms with Crippen LogP contribution in [-0.4, -0.2) is 14.5 Å². The van der Waals surface area contributed by atoms with Crippen LogP contribution in [0, 0.1) is 0 Å². The second-order valence-electron chi connectivity index (χ2n) is 4.72. The van der Waals surface area contributed by atoms with E-state index in [0.29, 0.717) is 6.04 Å². The van der Waals surface area contributed by atoms with Crippen LogP contribution in [0.4, 0.5) is 0 Å². The van der Waals surface area contributed by atoms with E-state index < -0.39 is 0 Å². The third-order valence-corrected chi connectivity index (χ3v) is 4.48. The fourth-order valence-corrected chi connectivity index (χ4v) is 3.31. The molecular formula is C14H15N3S2. The van der Waals surface area contributed by atoms with Crippen molar-refractivity contribution in [2.24, 2.45) is 0 Å². The van der Waals surface area contributed by atoms with E-state index in [1.54, 1.807) is 22.7 Å². The summed E-state index contributed by atoms with van der Waals surface area (Å²) in [5, 5.41) is 7.46. The average Bonchev–Trinajstić information content (AvgIpc) is 3.09. The first-order valence-electron chi connectivity index (χ1n) is 6.21. The van der Waals surface area contributed by atoms with Gasteiger partial charge in [0.15, 0.2) is 0 Å². The fourth-order valence-electron chi connectivity index (χ4n) is 1.84. The molecule has 0 fully saturated rings. The molecule has 0 atom stereocenters. The van der Waals surface area contributed by atoms with Gasteiger partial charge in [-0.1, -0.05) is 0 Å². The molecule has 0 radical (unpaired) electrons. The van der Waals surface area contributed by atoms with E-state index in [9.17, 15) is 0 Å². The Balaban J connectivity index is 1.76. The largest absolute Gasteiger partial charge is 0.335 e. The third kappa shape index (κ3) is 2.77. The van der Waals surface area contributed by atoms with Gasteiger partial charge in [0.05, 0.1) is 22.7 Å². The van der Waals surface area contributed by atoms with Gasteiger partial charge < -0.3 is 4.57 Å². The van der Waals surface area contributed by atoms with Gasteiger partial charge in [0.1, 0.15) is 0 Å². The Morgan fingerprint density at radius 2 is 2.21 bits per heavy atom. The molecule has 3 rings (SSSR count). The summed E-state index contributed by atoms with van der Waals surface area (Å²) in [6, 6.07) is 2.57. The molecule has 3 nitrogen and oxygen atoms in total. The third-order valence-electron chi connectivity index (χ3n) is 2.95. The Kier molecular flexibility index (Phi) is 3.48. The van der Waals surface area contributed by atoms with Crippen LogP contribution in [0.3, 0.4) is 0 Å². The standard InChI is InChI=1S/C14H15N3S2/c1-10(2)17-6-12(15-9-17)5-14-16-13(8-19-14)11-3-4-18-7-11/h3-4,6-10H,5H2,1-2H3. The fraction of sp³-hybridized carbons (Fsp3) is 0.286. The van der Waals surface area contributed by atoms with Crippen molar-refractivity contribution in [1.82, 2.24) is 14.5 Å². The molecule has 0 aliphatic carbocycles. The summed E-state index contributed by atoms with van der Waals surface area (Å²) in [4.78, 5) is 9.11. The summed E-state index contributed by atoms with van der Waals surface area (Å²) in [7, 11) is 0. The quantitative estimate of drug-likeness (QED) is 0.719. The highest BCUT2D eigenvalue weighted by molar-refractivity contribution is 7.10. The van der Waals surface area contributed by atoms with Crippen LogP contribution in [0.1, 0.15) is 30.6 Å². The molecule has 0 N–H and O–H groups in total. The van der Waals surface area contributed by atoms with Crippen LogP contribution in [0.5, 0.6) is 0 Å². The zero-order valence-corrected chi connectivity index (χ0v) is 12.5. The summed E-state index contributed by atoms with van der Waals surface area (Å²) < 4.78 is 2.13. The number of hydrogen-bond acceptors (Lipinski definition) is 4. The van der Waals surface area contributed by atoms with Crippen LogP contribution in [-0.2, 0) is 6.42 Å². The van der Waals surface area contributed by atoms with E-state index in [4.69, 9.17) is 0 Å². The molecule has 0 aliphatic heterocycles. The first-order valence-corrected chi connectivity index (χ1v) is 8.04. The Hall–Kier alpha value is -1.46. The van der Waals surface area contributed by atoms with Crippen molar-refractivity contribution < 1.29 is 0 Å². The Morgan fingerprint density at radius 1 is 1.32 bits per heavy atom. The Labute approximate surface area is 120 Å². The van der Waals surface area contributed by atoms with Crippen LogP contribution in [0.15, 0.2) is 34.7 Å². The molecule has 3 aromatic rings. The summed E-state index contributed by atoms with van der Waals surface area (Å²) >= 11 is 3.41. The van der Waals surface area contributed by atoms with Crippen molar-refractivity contribution in [3.63, 3.8) is 0 Å². The predicted octanol–water partition coefficient (Wildman–Crippen LogP) is 4.24. The maximum atomic E-state index is 4.68. The second kappa shape index (κ2) is 5.27.